The number of nitrogens with two attached hydrogens (primary N) is 1. The van der Waals surface area contributed by atoms with Gasteiger partial charge in [0.15, 0.2) is 17.3 Å². The van der Waals surface area contributed by atoms with Crippen molar-refractivity contribution in [3.63, 3.8) is 0 Å². The number of carbonyl (C=O) groups is 1. The number of methoxy groups -OCH3 is 1. The first-order valence-electron chi connectivity index (χ1n) is 18.5. The Hall–Kier alpha value is -5.39. The second kappa shape index (κ2) is 16.7. The van der Waals surface area contributed by atoms with Gasteiger partial charge in [0.2, 0.25) is 5.43 Å². The zero-order chi connectivity index (χ0) is 37.6. The highest BCUT2D eigenvalue weighted by molar-refractivity contribution is 5.98. The SMILES string of the molecule is COc1cc(-c2cnc(N)c(-c3ccc(CC(=O)c4cn(CC5CCOCC5)cc(-c5ccc(C)cn5)c4=O)cc3F)c2)ccc1OC[C@@H]1CCCCO1. The maximum atomic E-state index is 15.9. The summed E-state index contributed by atoms with van der Waals surface area (Å²) in [5, 5.41) is 0. The number of benzene rings is 2. The fourth-order valence-corrected chi connectivity index (χ4v) is 7.08. The maximum absolute atomic E-state index is 15.9. The normalized spacial score (nSPS) is 16.2. The van der Waals surface area contributed by atoms with E-state index in [1.54, 1.807) is 56.2 Å². The van der Waals surface area contributed by atoms with E-state index in [1.807, 2.05) is 35.8 Å². The molecule has 2 saturated heterocycles. The van der Waals surface area contributed by atoms with Crippen molar-refractivity contribution in [2.24, 2.45) is 5.92 Å². The molecule has 0 amide bonds. The van der Waals surface area contributed by atoms with E-state index in [0.717, 1.165) is 49.8 Å². The van der Waals surface area contributed by atoms with Gasteiger partial charge < -0.3 is 29.2 Å². The van der Waals surface area contributed by atoms with E-state index in [2.05, 4.69) is 9.97 Å². The molecule has 2 aromatic carbocycles. The van der Waals surface area contributed by atoms with Crippen LogP contribution in [0.15, 0.2) is 84.2 Å². The smallest absolute Gasteiger partial charge is 0.201 e. The van der Waals surface area contributed by atoms with Gasteiger partial charge in [0.1, 0.15) is 18.2 Å². The molecule has 5 aromatic rings. The minimum absolute atomic E-state index is 0.0433. The number of rotatable bonds is 12. The molecule has 0 aliphatic carbocycles. The molecule has 0 radical (unpaired) electrons. The number of hydrogen-bond donors (Lipinski definition) is 1. The number of carbonyl (C=O) groups excluding carboxylic acids is 1. The molecule has 2 aliphatic heterocycles. The number of anilines is 1. The second-order valence-corrected chi connectivity index (χ2v) is 14.1. The first-order valence-corrected chi connectivity index (χ1v) is 18.5. The predicted molar refractivity (Wildman–Crippen MR) is 205 cm³/mol. The van der Waals surface area contributed by atoms with Crippen molar-refractivity contribution in [3.8, 4) is 45.0 Å². The minimum atomic E-state index is -0.563. The zero-order valence-corrected chi connectivity index (χ0v) is 30.7. The molecule has 0 saturated carbocycles. The number of ketones is 1. The highest BCUT2D eigenvalue weighted by Crippen LogP contribution is 2.36. The molecule has 3 aromatic heterocycles. The van der Waals surface area contributed by atoms with E-state index in [9.17, 15) is 9.59 Å². The summed E-state index contributed by atoms with van der Waals surface area (Å²) >= 11 is 0. The number of hydrogen-bond acceptors (Lipinski definition) is 9. The van der Waals surface area contributed by atoms with Crippen LogP contribution in [-0.4, -0.2) is 60.0 Å². The van der Waals surface area contributed by atoms with Crippen molar-refractivity contribution >= 4 is 11.6 Å². The van der Waals surface area contributed by atoms with Crippen LogP contribution in [-0.2, 0) is 22.4 Å². The first-order chi connectivity index (χ1) is 26.2. The molecule has 2 N–H and O–H groups in total. The van der Waals surface area contributed by atoms with Crippen molar-refractivity contribution in [1.29, 1.82) is 0 Å². The molecule has 0 unspecified atom stereocenters. The van der Waals surface area contributed by atoms with Gasteiger partial charge in [-0.3, -0.25) is 14.6 Å². The molecule has 2 aliphatic rings. The van der Waals surface area contributed by atoms with Crippen LogP contribution in [0.3, 0.4) is 0 Å². The van der Waals surface area contributed by atoms with Crippen molar-refractivity contribution in [2.75, 3.05) is 39.3 Å². The summed E-state index contributed by atoms with van der Waals surface area (Å²) in [5.74, 6) is 0.703. The second-order valence-electron chi connectivity index (χ2n) is 14.1. The Kier molecular flexibility index (Phi) is 11.5. The third kappa shape index (κ3) is 8.53. The molecular weight excluding hydrogens is 687 g/mol. The molecule has 2 fully saturated rings. The quantitative estimate of drug-likeness (QED) is 0.130. The van der Waals surface area contributed by atoms with E-state index in [4.69, 9.17) is 24.7 Å². The third-order valence-electron chi connectivity index (χ3n) is 10.2. The Morgan fingerprint density at radius 3 is 2.50 bits per heavy atom. The van der Waals surface area contributed by atoms with Gasteiger partial charge in [0, 0.05) is 74.3 Å². The van der Waals surface area contributed by atoms with E-state index in [0.29, 0.717) is 71.7 Å². The van der Waals surface area contributed by atoms with Gasteiger partial charge in [-0.25, -0.2) is 9.37 Å². The maximum Gasteiger partial charge on any atom is 0.201 e. The van der Waals surface area contributed by atoms with Crippen LogP contribution >= 0.6 is 0 Å². The lowest BCUT2D eigenvalue weighted by Crippen LogP contribution is -2.25. The summed E-state index contributed by atoms with van der Waals surface area (Å²) in [6.45, 7) is 5.12. The van der Waals surface area contributed by atoms with Gasteiger partial charge >= 0.3 is 0 Å². The highest BCUT2D eigenvalue weighted by atomic mass is 19.1. The third-order valence-corrected chi connectivity index (χ3v) is 10.2. The van der Waals surface area contributed by atoms with Crippen LogP contribution in [0.5, 0.6) is 11.5 Å². The summed E-state index contributed by atoms with van der Waals surface area (Å²) in [6, 6.07) is 15.6. The number of halogens is 1. The lowest BCUT2D eigenvalue weighted by atomic mass is 9.96. The molecule has 11 heteroatoms. The first kappa shape index (κ1) is 36.9. The van der Waals surface area contributed by atoms with Crippen molar-refractivity contribution < 1.29 is 28.1 Å². The molecule has 7 rings (SSSR count). The van der Waals surface area contributed by atoms with Crippen molar-refractivity contribution in [2.45, 2.75) is 58.1 Å². The molecule has 0 bridgehead atoms. The summed E-state index contributed by atoms with van der Waals surface area (Å²) in [6.07, 6.45) is 11.6. The van der Waals surface area contributed by atoms with E-state index < -0.39 is 17.0 Å². The number of nitrogens with zero attached hydrogens (tertiary/aromatic N) is 3. The average molecular weight is 733 g/mol. The number of aromatic nitrogens is 3. The van der Waals surface area contributed by atoms with Gasteiger partial charge in [0.25, 0.3) is 0 Å². The average Bonchev–Trinajstić information content (AvgIpc) is 3.19. The van der Waals surface area contributed by atoms with Crippen molar-refractivity contribution in [1.82, 2.24) is 14.5 Å². The fourth-order valence-electron chi connectivity index (χ4n) is 7.08. The van der Waals surface area contributed by atoms with Crippen LogP contribution in [0.4, 0.5) is 10.2 Å². The Bertz CT molecular complexity index is 2170. The zero-order valence-electron chi connectivity index (χ0n) is 30.7. The Morgan fingerprint density at radius 2 is 1.76 bits per heavy atom. The minimum Gasteiger partial charge on any atom is -0.493 e. The number of Topliss-reactive ketones (excluding diaryl/α,β-unsaturated/α-hetero) is 1. The summed E-state index contributed by atoms with van der Waals surface area (Å²) in [7, 11) is 1.58. The number of ether oxygens (including phenoxy) is 4. The fraction of sp³-hybridized carbons (Fsp3) is 0.349. The Labute approximate surface area is 314 Å². The molecule has 0 spiro atoms. The topological polar surface area (TPSA) is 128 Å². The van der Waals surface area contributed by atoms with Gasteiger partial charge in [0.05, 0.1) is 30.0 Å². The molecule has 280 valence electrons. The number of nitrogen functional groups attached to an aromatic ring is 1. The lowest BCUT2D eigenvalue weighted by Gasteiger charge is -2.23. The summed E-state index contributed by atoms with van der Waals surface area (Å²) in [4.78, 5) is 36.4. The van der Waals surface area contributed by atoms with E-state index >= 15 is 4.39 Å². The molecule has 5 heterocycles. The molecular formula is C43H45FN4O6. The number of aryl methyl sites for hydroxylation is 1. The van der Waals surface area contributed by atoms with Crippen LogP contribution in [0.25, 0.3) is 33.5 Å². The van der Waals surface area contributed by atoms with Gasteiger partial charge in [-0.15, -0.1) is 0 Å². The van der Waals surface area contributed by atoms with E-state index in [-0.39, 0.29) is 29.5 Å². The Balaban J connectivity index is 1.12. The highest BCUT2D eigenvalue weighted by Gasteiger charge is 2.22. The molecule has 1 atom stereocenters. The van der Waals surface area contributed by atoms with Gasteiger partial charge in [-0.1, -0.05) is 24.3 Å². The van der Waals surface area contributed by atoms with Gasteiger partial charge in [-0.2, -0.15) is 0 Å². The van der Waals surface area contributed by atoms with Crippen LogP contribution in [0.2, 0.25) is 0 Å². The lowest BCUT2D eigenvalue weighted by molar-refractivity contribution is -0.0114. The van der Waals surface area contributed by atoms with E-state index in [1.165, 1.54) is 6.07 Å². The van der Waals surface area contributed by atoms with Crippen molar-refractivity contribution in [3.05, 3.63) is 112 Å². The Morgan fingerprint density at radius 1 is 0.907 bits per heavy atom. The van der Waals surface area contributed by atoms with Crippen LogP contribution in [0, 0.1) is 18.7 Å². The standard InChI is InChI=1S/C43H45FN4O6/c1-27-6-10-38(46-21-27)35-24-48(23-28-12-15-52-16-13-28)25-36(42(35)50)39(49)18-29-7-9-33(37(44)17-29)34-19-31(22-47-43(34)45)30-8-11-40(41(20-30)51-2)54-26-32-5-3-4-14-53-32/h6-11,17,19-22,24-25,28,32H,3-5,12-16,18,23,26H2,1-2H3,(H2,45,47)/t32-/m0/s1. The summed E-state index contributed by atoms with van der Waals surface area (Å²) < 4.78 is 40.8. The summed E-state index contributed by atoms with van der Waals surface area (Å²) in [5.41, 5.74) is 10.3. The molecule has 10 nitrogen and oxygen atoms in total. The monoisotopic (exact) mass is 732 g/mol. The van der Waals surface area contributed by atoms with Crippen LogP contribution in [0.1, 0.15) is 53.6 Å². The van der Waals surface area contributed by atoms with Gasteiger partial charge in [-0.05, 0) is 92.0 Å². The van der Waals surface area contributed by atoms with Crippen LogP contribution < -0.4 is 20.6 Å². The molecule has 54 heavy (non-hydrogen) atoms. The predicted octanol–water partition coefficient (Wildman–Crippen LogP) is 7.48. The number of pyridine rings is 3. The largest absolute Gasteiger partial charge is 0.493 e.